The first-order valence-electron chi connectivity index (χ1n) is 8.57. The predicted molar refractivity (Wildman–Crippen MR) is 92.5 cm³/mol. The van der Waals surface area contributed by atoms with Crippen LogP contribution in [-0.2, 0) is 15.3 Å². The molecule has 1 aromatic carbocycles. The molecule has 126 valence electrons. The number of hydrogen-bond acceptors (Lipinski definition) is 3. The standard InChI is InChI=1S/C19H26O3S/c1-19(2,3)15-7-4-6-13(10-15)18(20)14-11-16-8-5-9-17(12-14)23(16,21)22/h4,6-7,10,14,16-17H,5,8-9,11-12H2,1-3H3. The molecule has 2 saturated heterocycles. The zero-order valence-electron chi connectivity index (χ0n) is 14.2. The molecule has 0 spiro atoms. The van der Waals surface area contributed by atoms with E-state index in [1.165, 1.54) is 0 Å². The Labute approximate surface area is 139 Å². The van der Waals surface area contributed by atoms with E-state index in [4.69, 9.17) is 0 Å². The van der Waals surface area contributed by atoms with Crippen LogP contribution in [0.3, 0.4) is 0 Å². The van der Waals surface area contributed by atoms with Gasteiger partial charge in [-0.15, -0.1) is 0 Å². The van der Waals surface area contributed by atoms with Gasteiger partial charge in [0.1, 0.15) is 0 Å². The quantitative estimate of drug-likeness (QED) is 0.771. The smallest absolute Gasteiger partial charge is 0.166 e. The van der Waals surface area contributed by atoms with E-state index in [9.17, 15) is 13.2 Å². The second-order valence-corrected chi connectivity index (χ2v) is 10.6. The Kier molecular flexibility index (Phi) is 4.16. The molecule has 0 aromatic heterocycles. The number of rotatable bonds is 2. The van der Waals surface area contributed by atoms with Crippen LogP contribution in [0.5, 0.6) is 0 Å². The van der Waals surface area contributed by atoms with Gasteiger partial charge >= 0.3 is 0 Å². The minimum atomic E-state index is -3.00. The molecule has 0 amide bonds. The highest BCUT2D eigenvalue weighted by Gasteiger charge is 2.46. The van der Waals surface area contributed by atoms with E-state index in [1.54, 1.807) is 0 Å². The highest BCUT2D eigenvalue weighted by atomic mass is 32.2. The van der Waals surface area contributed by atoms with Crippen molar-refractivity contribution < 1.29 is 13.2 Å². The van der Waals surface area contributed by atoms with Gasteiger partial charge in [-0.1, -0.05) is 45.4 Å². The summed E-state index contributed by atoms with van der Waals surface area (Å²) in [5.41, 5.74) is 1.88. The first-order chi connectivity index (χ1) is 10.7. The minimum absolute atomic E-state index is 0.00268. The Bertz CT molecular complexity index is 692. The van der Waals surface area contributed by atoms with E-state index in [2.05, 4.69) is 26.8 Å². The monoisotopic (exact) mass is 334 g/mol. The second kappa shape index (κ2) is 5.73. The average Bonchev–Trinajstić information content (AvgIpc) is 2.44. The van der Waals surface area contributed by atoms with Crippen LogP contribution in [0.15, 0.2) is 24.3 Å². The average molecular weight is 334 g/mol. The highest BCUT2D eigenvalue weighted by Crippen LogP contribution is 2.40. The van der Waals surface area contributed by atoms with Crippen molar-refractivity contribution in [1.82, 2.24) is 0 Å². The first kappa shape index (κ1) is 16.7. The summed E-state index contributed by atoms with van der Waals surface area (Å²) in [5.74, 6) is -0.00746. The van der Waals surface area contributed by atoms with E-state index in [0.29, 0.717) is 12.8 Å². The van der Waals surface area contributed by atoms with E-state index >= 15 is 0 Å². The molecule has 2 bridgehead atoms. The molecule has 2 fully saturated rings. The van der Waals surface area contributed by atoms with Gasteiger partial charge in [0.05, 0.1) is 10.5 Å². The number of Topliss-reactive ketones (excluding diaryl/α,β-unsaturated/α-hetero) is 1. The Morgan fingerprint density at radius 3 is 2.26 bits per heavy atom. The minimum Gasteiger partial charge on any atom is -0.294 e. The van der Waals surface area contributed by atoms with Crippen LogP contribution in [-0.4, -0.2) is 24.7 Å². The summed E-state index contributed by atoms with van der Waals surface area (Å²) in [7, 11) is -3.00. The number of sulfone groups is 1. The van der Waals surface area contributed by atoms with Crippen molar-refractivity contribution in [2.75, 3.05) is 0 Å². The summed E-state index contributed by atoms with van der Waals surface area (Å²) in [6.45, 7) is 6.40. The van der Waals surface area contributed by atoms with Crippen molar-refractivity contribution in [2.45, 2.75) is 68.8 Å². The van der Waals surface area contributed by atoms with Gasteiger partial charge in [0.2, 0.25) is 0 Å². The Morgan fingerprint density at radius 2 is 1.70 bits per heavy atom. The van der Waals surface area contributed by atoms with Gasteiger partial charge in [-0.25, -0.2) is 8.42 Å². The third kappa shape index (κ3) is 3.10. The van der Waals surface area contributed by atoms with Crippen LogP contribution in [0.2, 0.25) is 0 Å². The molecule has 3 nitrogen and oxygen atoms in total. The molecule has 3 rings (SSSR count). The molecule has 0 radical (unpaired) electrons. The van der Waals surface area contributed by atoms with Crippen LogP contribution < -0.4 is 0 Å². The molecule has 2 heterocycles. The largest absolute Gasteiger partial charge is 0.294 e. The molecule has 2 atom stereocenters. The third-order valence-corrected chi connectivity index (χ3v) is 8.17. The van der Waals surface area contributed by atoms with Crippen LogP contribution >= 0.6 is 0 Å². The molecule has 0 saturated carbocycles. The molecular weight excluding hydrogens is 308 g/mol. The lowest BCUT2D eigenvalue weighted by Gasteiger charge is -2.38. The number of carbonyl (C=O) groups excluding carboxylic acids is 1. The van der Waals surface area contributed by atoms with Gasteiger partial charge in [0, 0.05) is 11.5 Å². The molecule has 2 aliphatic rings. The van der Waals surface area contributed by atoms with Gasteiger partial charge in [-0.3, -0.25) is 4.79 Å². The van der Waals surface area contributed by atoms with Gasteiger partial charge in [-0.2, -0.15) is 0 Å². The van der Waals surface area contributed by atoms with E-state index in [-0.39, 0.29) is 27.6 Å². The molecular formula is C19H26O3S. The Hall–Kier alpha value is -1.16. The predicted octanol–water partition coefficient (Wildman–Crippen LogP) is 3.91. The van der Waals surface area contributed by atoms with Crippen molar-refractivity contribution >= 4 is 15.6 Å². The summed E-state index contributed by atoms with van der Waals surface area (Å²) in [4.78, 5) is 12.9. The molecule has 4 heteroatoms. The highest BCUT2D eigenvalue weighted by molar-refractivity contribution is 7.92. The fraction of sp³-hybridized carbons (Fsp3) is 0.632. The molecule has 2 aliphatic heterocycles. The van der Waals surface area contributed by atoms with Crippen molar-refractivity contribution in [2.24, 2.45) is 5.92 Å². The fourth-order valence-electron chi connectivity index (χ4n) is 4.00. The van der Waals surface area contributed by atoms with Gasteiger partial charge in [0.15, 0.2) is 15.6 Å². The number of benzene rings is 1. The molecule has 1 aromatic rings. The fourth-order valence-corrected chi connectivity index (χ4v) is 6.53. The summed E-state index contributed by atoms with van der Waals surface area (Å²) in [5, 5.41) is -0.593. The van der Waals surface area contributed by atoms with Gasteiger partial charge < -0.3 is 0 Å². The Balaban J connectivity index is 1.85. The number of fused-ring (bicyclic) bond motifs is 2. The third-order valence-electron chi connectivity index (χ3n) is 5.46. The van der Waals surface area contributed by atoms with Gasteiger partial charge in [-0.05, 0) is 42.7 Å². The lowest BCUT2D eigenvalue weighted by molar-refractivity contribution is 0.0894. The zero-order valence-corrected chi connectivity index (χ0v) is 15.0. The summed E-state index contributed by atoms with van der Waals surface area (Å²) >= 11 is 0. The summed E-state index contributed by atoms with van der Waals surface area (Å²) in [6.07, 6.45) is 3.46. The van der Waals surface area contributed by atoms with Gasteiger partial charge in [0.25, 0.3) is 0 Å². The maximum absolute atomic E-state index is 12.9. The van der Waals surface area contributed by atoms with Crippen LogP contribution in [0, 0.1) is 5.92 Å². The maximum Gasteiger partial charge on any atom is 0.166 e. The molecule has 0 N–H and O–H groups in total. The van der Waals surface area contributed by atoms with Crippen molar-refractivity contribution in [3.63, 3.8) is 0 Å². The molecule has 2 unspecified atom stereocenters. The Morgan fingerprint density at radius 1 is 1.09 bits per heavy atom. The lowest BCUT2D eigenvalue weighted by Crippen LogP contribution is -2.45. The first-order valence-corrected chi connectivity index (χ1v) is 10.2. The van der Waals surface area contributed by atoms with Crippen molar-refractivity contribution in [3.8, 4) is 0 Å². The number of carbonyl (C=O) groups is 1. The summed E-state index contributed by atoms with van der Waals surface area (Å²) < 4.78 is 24.7. The maximum atomic E-state index is 12.9. The van der Waals surface area contributed by atoms with E-state index < -0.39 is 9.84 Å². The van der Waals surface area contributed by atoms with Crippen molar-refractivity contribution in [3.05, 3.63) is 35.4 Å². The van der Waals surface area contributed by atoms with E-state index in [0.717, 1.165) is 30.4 Å². The van der Waals surface area contributed by atoms with Crippen LogP contribution in [0.25, 0.3) is 0 Å². The van der Waals surface area contributed by atoms with Crippen LogP contribution in [0.4, 0.5) is 0 Å². The van der Waals surface area contributed by atoms with E-state index in [1.807, 2.05) is 18.2 Å². The van der Waals surface area contributed by atoms with Crippen LogP contribution in [0.1, 0.15) is 68.8 Å². The summed E-state index contributed by atoms with van der Waals surface area (Å²) in [6, 6.07) is 7.85. The molecule has 23 heavy (non-hydrogen) atoms. The topological polar surface area (TPSA) is 51.2 Å². The normalized spacial score (nSPS) is 30.0. The SMILES string of the molecule is CC(C)(C)c1cccc(C(=O)C2CC3CCCC(C2)S3(=O)=O)c1. The lowest BCUT2D eigenvalue weighted by atomic mass is 9.82. The van der Waals surface area contributed by atoms with Crippen molar-refractivity contribution in [1.29, 1.82) is 0 Å². The number of hydrogen-bond donors (Lipinski definition) is 0. The number of ketones is 1. The molecule has 0 aliphatic carbocycles. The zero-order chi connectivity index (χ0) is 16.8. The second-order valence-electron chi connectivity index (χ2n) is 8.13.